The molecule has 3 nitrogen and oxygen atoms in total. The van der Waals surface area contributed by atoms with Crippen LogP contribution in [-0.4, -0.2) is 9.97 Å². The lowest BCUT2D eigenvalue weighted by Crippen LogP contribution is -2.00. The van der Waals surface area contributed by atoms with Crippen molar-refractivity contribution in [2.75, 3.05) is 5.32 Å². The Hall–Kier alpha value is -1.20. The molecular formula is C12H10BrClFN3. The summed E-state index contributed by atoms with van der Waals surface area (Å²) in [6.07, 6.45) is 1.63. The maximum atomic E-state index is 13.3. The third kappa shape index (κ3) is 2.79. The Morgan fingerprint density at radius 3 is 2.72 bits per heavy atom. The molecule has 1 aromatic heterocycles. The van der Waals surface area contributed by atoms with Gasteiger partial charge in [-0.3, -0.25) is 0 Å². The van der Waals surface area contributed by atoms with Crippen molar-refractivity contribution in [1.29, 1.82) is 0 Å². The van der Waals surface area contributed by atoms with Gasteiger partial charge in [-0.15, -0.1) is 0 Å². The highest BCUT2D eigenvalue weighted by atomic mass is 79.9. The van der Waals surface area contributed by atoms with Crippen LogP contribution in [0.3, 0.4) is 0 Å². The molecule has 0 saturated carbocycles. The Balaban J connectivity index is 2.40. The molecule has 0 amide bonds. The lowest BCUT2D eigenvalue weighted by Gasteiger charge is -2.11. The number of hydrogen-bond acceptors (Lipinski definition) is 3. The van der Waals surface area contributed by atoms with E-state index in [1.165, 1.54) is 6.07 Å². The van der Waals surface area contributed by atoms with E-state index in [1.54, 1.807) is 12.3 Å². The van der Waals surface area contributed by atoms with Crippen LogP contribution >= 0.6 is 27.5 Å². The van der Waals surface area contributed by atoms with Gasteiger partial charge in [0, 0.05) is 17.4 Å². The second-order valence-corrected chi connectivity index (χ2v) is 5.07. The van der Waals surface area contributed by atoms with E-state index in [0.29, 0.717) is 10.3 Å². The first kappa shape index (κ1) is 13.2. The normalized spacial score (nSPS) is 10.5. The van der Waals surface area contributed by atoms with E-state index in [0.717, 1.165) is 16.8 Å². The molecule has 0 atom stereocenters. The highest BCUT2D eigenvalue weighted by Crippen LogP contribution is 2.27. The Kier molecular flexibility index (Phi) is 3.82. The van der Waals surface area contributed by atoms with Crippen molar-refractivity contribution < 1.29 is 4.39 Å². The first-order chi connectivity index (χ1) is 8.47. The van der Waals surface area contributed by atoms with Crippen molar-refractivity contribution in [1.82, 2.24) is 9.97 Å². The second-order valence-electron chi connectivity index (χ2n) is 3.88. The summed E-state index contributed by atoms with van der Waals surface area (Å²) in [6.45, 7) is 3.68. The molecule has 1 N–H and O–H groups in total. The summed E-state index contributed by atoms with van der Waals surface area (Å²) in [6, 6.07) is 3.12. The van der Waals surface area contributed by atoms with Gasteiger partial charge in [0.25, 0.3) is 0 Å². The smallest absolute Gasteiger partial charge is 0.224 e. The average Bonchev–Trinajstić information content (AvgIpc) is 2.30. The minimum atomic E-state index is -0.296. The summed E-state index contributed by atoms with van der Waals surface area (Å²) < 4.78 is 13.7. The SMILES string of the molecule is Cc1cc(F)c(Br)cc1Nc1nc(Cl)ncc1C. The maximum Gasteiger partial charge on any atom is 0.224 e. The molecular weight excluding hydrogens is 321 g/mol. The van der Waals surface area contributed by atoms with Gasteiger partial charge in [0.2, 0.25) is 5.28 Å². The van der Waals surface area contributed by atoms with Crippen LogP contribution < -0.4 is 5.32 Å². The molecule has 0 aliphatic heterocycles. The van der Waals surface area contributed by atoms with Gasteiger partial charge in [-0.1, -0.05) is 0 Å². The summed E-state index contributed by atoms with van der Waals surface area (Å²) in [5, 5.41) is 3.29. The van der Waals surface area contributed by atoms with Gasteiger partial charge in [0.1, 0.15) is 11.6 Å². The van der Waals surface area contributed by atoms with Gasteiger partial charge in [0.15, 0.2) is 0 Å². The van der Waals surface area contributed by atoms with E-state index in [4.69, 9.17) is 11.6 Å². The van der Waals surface area contributed by atoms with Gasteiger partial charge < -0.3 is 5.32 Å². The third-order valence-corrected chi connectivity index (χ3v) is 3.25. The quantitative estimate of drug-likeness (QED) is 0.830. The van der Waals surface area contributed by atoms with E-state index in [1.807, 2.05) is 13.8 Å². The number of nitrogens with zero attached hydrogens (tertiary/aromatic N) is 2. The van der Waals surface area contributed by atoms with E-state index in [2.05, 4.69) is 31.2 Å². The fourth-order valence-electron chi connectivity index (χ4n) is 1.46. The number of anilines is 2. The third-order valence-electron chi connectivity index (χ3n) is 2.46. The van der Waals surface area contributed by atoms with Gasteiger partial charge in [-0.2, -0.15) is 0 Å². The average molecular weight is 331 g/mol. The Morgan fingerprint density at radius 1 is 1.28 bits per heavy atom. The minimum Gasteiger partial charge on any atom is -0.340 e. The van der Waals surface area contributed by atoms with Crippen molar-refractivity contribution in [3.8, 4) is 0 Å². The molecule has 1 aromatic carbocycles. The summed E-state index contributed by atoms with van der Waals surface area (Å²) in [4.78, 5) is 7.98. The molecule has 0 fully saturated rings. The molecule has 1 heterocycles. The van der Waals surface area contributed by atoms with Crippen LogP contribution in [0.15, 0.2) is 22.8 Å². The Morgan fingerprint density at radius 2 is 2.00 bits per heavy atom. The molecule has 0 spiro atoms. The van der Waals surface area contributed by atoms with Gasteiger partial charge in [-0.05, 0) is 59.1 Å². The van der Waals surface area contributed by atoms with Crippen LogP contribution in [-0.2, 0) is 0 Å². The van der Waals surface area contributed by atoms with Crippen LogP contribution in [0.2, 0.25) is 5.28 Å². The summed E-state index contributed by atoms with van der Waals surface area (Å²) >= 11 is 8.90. The number of halogens is 3. The highest BCUT2D eigenvalue weighted by Gasteiger charge is 2.08. The van der Waals surface area contributed by atoms with Crippen LogP contribution in [0.4, 0.5) is 15.9 Å². The predicted molar refractivity (Wildman–Crippen MR) is 73.9 cm³/mol. The molecule has 6 heteroatoms. The zero-order valence-corrected chi connectivity index (χ0v) is 12.1. The maximum absolute atomic E-state index is 13.3. The van der Waals surface area contributed by atoms with Crippen LogP contribution in [0.5, 0.6) is 0 Å². The summed E-state index contributed by atoms with van der Waals surface area (Å²) in [5.41, 5.74) is 2.41. The first-order valence-electron chi connectivity index (χ1n) is 5.19. The molecule has 18 heavy (non-hydrogen) atoms. The largest absolute Gasteiger partial charge is 0.340 e. The summed E-state index contributed by atoms with van der Waals surface area (Å²) in [7, 11) is 0. The minimum absolute atomic E-state index is 0.168. The van der Waals surface area contributed by atoms with Gasteiger partial charge >= 0.3 is 0 Å². The van der Waals surface area contributed by atoms with Gasteiger partial charge in [0.05, 0.1) is 4.47 Å². The molecule has 0 bridgehead atoms. The Bertz CT molecular complexity index is 604. The number of benzene rings is 1. The molecule has 94 valence electrons. The lowest BCUT2D eigenvalue weighted by molar-refractivity contribution is 0.620. The highest BCUT2D eigenvalue weighted by molar-refractivity contribution is 9.10. The van der Waals surface area contributed by atoms with Crippen molar-refractivity contribution >= 4 is 39.0 Å². The zero-order chi connectivity index (χ0) is 13.3. The van der Waals surface area contributed by atoms with Crippen molar-refractivity contribution in [3.63, 3.8) is 0 Å². The van der Waals surface area contributed by atoms with E-state index < -0.39 is 0 Å². The molecule has 0 unspecified atom stereocenters. The Labute approximate surface area is 118 Å². The van der Waals surface area contributed by atoms with Crippen molar-refractivity contribution in [2.45, 2.75) is 13.8 Å². The first-order valence-corrected chi connectivity index (χ1v) is 6.36. The topological polar surface area (TPSA) is 37.8 Å². The number of rotatable bonds is 2. The standard InChI is InChI=1S/C12H10BrClFN3/c1-6-3-9(15)8(13)4-10(6)17-11-7(2)5-16-12(14)18-11/h3-5H,1-2H3,(H,16,17,18). The number of hydrogen-bond donors (Lipinski definition) is 1. The van der Waals surface area contributed by atoms with Crippen LogP contribution in [0.1, 0.15) is 11.1 Å². The number of nitrogens with one attached hydrogen (secondary N) is 1. The summed E-state index contributed by atoms with van der Waals surface area (Å²) in [5.74, 6) is 0.312. The fourth-order valence-corrected chi connectivity index (χ4v) is 1.93. The van der Waals surface area contributed by atoms with Crippen LogP contribution in [0.25, 0.3) is 0 Å². The molecule has 0 aliphatic rings. The molecule has 0 saturated heterocycles. The molecule has 2 aromatic rings. The van der Waals surface area contributed by atoms with Crippen molar-refractivity contribution in [2.24, 2.45) is 0 Å². The predicted octanol–water partition coefficient (Wildman–Crippen LogP) is 4.39. The molecule has 2 rings (SSSR count). The van der Waals surface area contributed by atoms with E-state index >= 15 is 0 Å². The number of aryl methyl sites for hydroxylation is 2. The molecule has 0 aliphatic carbocycles. The van der Waals surface area contributed by atoms with E-state index in [9.17, 15) is 4.39 Å². The van der Waals surface area contributed by atoms with Crippen LogP contribution in [0, 0.1) is 19.7 Å². The lowest BCUT2D eigenvalue weighted by atomic mass is 10.2. The zero-order valence-electron chi connectivity index (χ0n) is 9.76. The molecule has 0 radical (unpaired) electrons. The monoisotopic (exact) mass is 329 g/mol. The number of aromatic nitrogens is 2. The second kappa shape index (κ2) is 5.20. The van der Waals surface area contributed by atoms with Crippen molar-refractivity contribution in [3.05, 3.63) is 45.0 Å². The van der Waals surface area contributed by atoms with Gasteiger partial charge in [-0.25, -0.2) is 14.4 Å². The van der Waals surface area contributed by atoms with E-state index in [-0.39, 0.29) is 11.1 Å². The fraction of sp³-hybridized carbons (Fsp3) is 0.167.